The van der Waals surface area contributed by atoms with Crippen LogP contribution in [-0.2, 0) is 0 Å². The van der Waals surface area contributed by atoms with Crippen LogP contribution < -0.4 is 0 Å². The van der Waals surface area contributed by atoms with Crippen molar-refractivity contribution >= 4 is 35.1 Å². The Morgan fingerprint density at radius 3 is 1.92 bits per heavy atom. The van der Waals surface area contributed by atoms with Gasteiger partial charge >= 0.3 is 0 Å². The van der Waals surface area contributed by atoms with Crippen molar-refractivity contribution in [1.29, 1.82) is 0 Å². The van der Waals surface area contributed by atoms with Crippen LogP contribution in [0.2, 0.25) is 0 Å². The third kappa shape index (κ3) is 2.75. The first kappa shape index (κ1) is 17.0. The van der Waals surface area contributed by atoms with E-state index in [4.69, 9.17) is 0 Å². The van der Waals surface area contributed by atoms with Gasteiger partial charge in [-0.25, -0.2) is 4.99 Å². The lowest BCUT2D eigenvalue weighted by atomic mass is 10.0. The first-order valence-electron chi connectivity index (χ1n) is 7.99. The van der Waals surface area contributed by atoms with Gasteiger partial charge in [-0.2, -0.15) is 0 Å². The van der Waals surface area contributed by atoms with Crippen LogP contribution in [0.3, 0.4) is 0 Å². The second-order valence-corrected chi connectivity index (χ2v) is 7.58. The van der Waals surface area contributed by atoms with Crippen LogP contribution in [0.4, 0.5) is 0 Å². The van der Waals surface area contributed by atoms with Gasteiger partial charge in [0.25, 0.3) is 5.91 Å². The van der Waals surface area contributed by atoms with E-state index in [-0.39, 0.29) is 11.8 Å². The summed E-state index contributed by atoms with van der Waals surface area (Å²) in [5.41, 5.74) is 3.70. The van der Waals surface area contributed by atoms with Crippen molar-refractivity contribution in [2.75, 3.05) is 12.5 Å². The highest BCUT2D eigenvalue weighted by Gasteiger charge is 2.33. The third-order valence-electron chi connectivity index (χ3n) is 4.39. The summed E-state index contributed by atoms with van der Waals surface area (Å²) in [4.78, 5) is 22.0. The molecule has 0 fully saturated rings. The smallest absolute Gasteiger partial charge is 0.280 e. The monoisotopic (exact) mass is 380 g/mol. The topological polar surface area (TPSA) is 65.5 Å². The normalized spacial score (nSPS) is 13.0. The lowest BCUT2D eigenvalue weighted by Crippen LogP contribution is -1.99. The van der Waals surface area contributed by atoms with Gasteiger partial charge < -0.3 is 10.1 Å². The second-order valence-electron chi connectivity index (χ2n) is 5.82. The SMILES string of the molecule is CSc1ccc(C2=NC(=O)c3c(-c4ccc(SC)cc4)[nH]c(O)c32)cc1. The van der Waals surface area contributed by atoms with E-state index in [2.05, 4.69) is 9.98 Å². The zero-order chi connectivity index (χ0) is 18.3. The number of hydrogen-bond donors (Lipinski definition) is 2. The van der Waals surface area contributed by atoms with Crippen molar-refractivity contribution < 1.29 is 9.90 Å². The maximum Gasteiger partial charge on any atom is 0.280 e. The zero-order valence-corrected chi connectivity index (χ0v) is 15.9. The van der Waals surface area contributed by atoms with Gasteiger partial charge in [-0.15, -0.1) is 23.5 Å². The number of aliphatic imine (C=N–C) groups is 1. The summed E-state index contributed by atoms with van der Waals surface area (Å²) in [6.45, 7) is 0. The minimum absolute atomic E-state index is 0.0255. The van der Waals surface area contributed by atoms with Crippen molar-refractivity contribution in [3.63, 3.8) is 0 Å². The van der Waals surface area contributed by atoms with E-state index in [1.54, 1.807) is 23.5 Å². The average molecular weight is 380 g/mol. The first-order chi connectivity index (χ1) is 12.6. The fourth-order valence-corrected chi connectivity index (χ4v) is 3.89. The van der Waals surface area contributed by atoms with Gasteiger partial charge in [0.15, 0.2) is 5.88 Å². The Bertz CT molecular complexity index is 1020. The maximum absolute atomic E-state index is 12.6. The van der Waals surface area contributed by atoms with Crippen LogP contribution in [-0.4, -0.2) is 34.2 Å². The molecule has 0 unspecified atom stereocenters. The molecule has 0 bridgehead atoms. The van der Waals surface area contributed by atoms with E-state index < -0.39 is 0 Å². The number of rotatable bonds is 4. The van der Waals surface area contributed by atoms with Crippen molar-refractivity contribution in [2.24, 2.45) is 4.99 Å². The van der Waals surface area contributed by atoms with Gasteiger partial charge in [-0.1, -0.05) is 24.3 Å². The number of carbonyl (C=O) groups is 1. The predicted molar refractivity (Wildman–Crippen MR) is 108 cm³/mol. The number of aromatic hydroxyl groups is 1. The Kier molecular flexibility index (Phi) is 4.38. The van der Waals surface area contributed by atoms with Crippen LogP contribution in [0.5, 0.6) is 5.88 Å². The highest BCUT2D eigenvalue weighted by molar-refractivity contribution is 7.98. The number of carbonyl (C=O) groups excluding carboxylic acids is 1. The summed E-state index contributed by atoms with van der Waals surface area (Å²) < 4.78 is 0. The van der Waals surface area contributed by atoms with E-state index >= 15 is 0 Å². The molecule has 2 aromatic carbocycles. The zero-order valence-electron chi connectivity index (χ0n) is 14.2. The van der Waals surface area contributed by atoms with E-state index in [1.807, 2.05) is 61.0 Å². The molecule has 0 aliphatic carbocycles. The molecule has 1 aliphatic heterocycles. The number of amides is 1. The summed E-state index contributed by atoms with van der Waals surface area (Å²) in [6.07, 6.45) is 4.02. The molecule has 0 saturated heterocycles. The highest BCUT2D eigenvalue weighted by atomic mass is 32.2. The average Bonchev–Trinajstić information content (AvgIpc) is 3.21. The molecule has 2 N–H and O–H groups in total. The molecule has 130 valence electrons. The molecule has 1 aliphatic rings. The van der Waals surface area contributed by atoms with Gasteiger partial charge in [0.1, 0.15) is 0 Å². The predicted octanol–water partition coefficient (Wildman–Crippen LogP) is 4.82. The van der Waals surface area contributed by atoms with Gasteiger partial charge in [0, 0.05) is 15.4 Å². The molecule has 0 atom stereocenters. The highest BCUT2D eigenvalue weighted by Crippen LogP contribution is 2.38. The number of nitrogens with zero attached hydrogens (tertiary/aromatic N) is 1. The van der Waals surface area contributed by atoms with E-state index in [0.717, 1.165) is 20.9 Å². The summed E-state index contributed by atoms with van der Waals surface area (Å²) >= 11 is 3.30. The number of fused-ring (bicyclic) bond motifs is 1. The maximum atomic E-state index is 12.6. The Hall–Kier alpha value is -2.44. The molecular weight excluding hydrogens is 364 g/mol. The van der Waals surface area contributed by atoms with Gasteiger partial charge in [0.2, 0.25) is 0 Å². The minimum Gasteiger partial charge on any atom is -0.494 e. The number of H-pyrrole nitrogens is 1. The minimum atomic E-state index is -0.329. The van der Waals surface area contributed by atoms with Crippen molar-refractivity contribution in [1.82, 2.24) is 4.98 Å². The van der Waals surface area contributed by atoms with Crippen LogP contribution in [0, 0.1) is 0 Å². The third-order valence-corrected chi connectivity index (χ3v) is 5.87. The van der Waals surface area contributed by atoms with Gasteiger partial charge in [0.05, 0.1) is 22.5 Å². The van der Waals surface area contributed by atoms with E-state index in [1.165, 1.54) is 0 Å². The van der Waals surface area contributed by atoms with Crippen molar-refractivity contribution in [3.8, 4) is 17.1 Å². The standard InChI is InChI=1S/C20H16N2O2S2/c1-25-13-7-3-11(4-8-13)17-15-16(20(24)21-17)18(22-19(15)23)12-5-9-14(26-2)10-6-12/h3-10,21,24H,1-2H3. The second kappa shape index (κ2) is 6.70. The fraction of sp³-hybridized carbons (Fsp3) is 0.100. The Labute approximate surface area is 159 Å². The fourth-order valence-electron chi connectivity index (χ4n) is 3.08. The number of nitrogens with one attached hydrogen (secondary N) is 1. The number of hydrogen-bond acceptors (Lipinski definition) is 4. The van der Waals surface area contributed by atoms with Crippen LogP contribution in [0.25, 0.3) is 11.3 Å². The molecule has 0 saturated carbocycles. The molecule has 1 amide bonds. The quantitative estimate of drug-likeness (QED) is 0.637. The molecule has 4 rings (SSSR count). The Morgan fingerprint density at radius 2 is 1.38 bits per heavy atom. The molecule has 4 nitrogen and oxygen atoms in total. The van der Waals surface area contributed by atoms with Gasteiger partial charge in [-0.3, -0.25) is 4.79 Å². The number of benzene rings is 2. The largest absolute Gasteiger partial charge is 0.494 e. The van der Waals surface area contributed by atoms with Crippen LogP contribution >= 0.6 is 23.5 Å². The number of thioether (sulfide) groups is 2. The first-order valence-corrected chi connectivity index (χ1v) is 10.4. The lowest BCUT2D eigenvalue weighted by Gasteiger charge is -2.02. The van der Waals surface area contributed by atoms with Crippen LogP contribution in [0.1, 0.15) is 21.5 Å². The van der Waals surface area contributed by atoms with E-state index in [9.17, 15) is 9.90 Å². The molecular formula is C20H16N2O2S2. The Balaban J connectivity index is 1.80. The Morgan fingerprint density at radius 1 is 0.846 bits per heavy atom. The summed E-state index contributed by atoms with van der Waals surface area (Å²) in [6, 6.07) is 15.7. The van der Waals surface area contributed by atoms with Crippen molar-refractivity contribution in [2.45, 2.75) is 9.79 Å². The lowest BCUT2D eigenvalue weighted by molar-refractivity contribution is 0.101. The number of aromatic nitrogens is 1. The molecule has 3 aromatic rings. The summed E-state index contributed by atoms with van der Waals surface area (Å²) in [7, 11) is 0. The van der Waals surface area contributed by atoms with E-state index in [0.29, 0.717) is 22.5 Å². The molecule has 2 heterocycles. The number of aromatic amines is 1. The molecule has 0 spiro atoms. The molecule has 1 aromatic heterocycles. The molecule has 0 radical (unpaired) electrons. The molecule has 6 heteroatoms. The van der Waals surface area contributed by atoms with Crippen LogP contribution in [0.15, 0.2) is 63.3 Å². The van der Waals surface area contributed by atoms with Gasteiger partial charge in [-0.05, 0) is 42.3 Å². The summed E-state index contributed by atoms with van der Waals surface area (Å²) in [5, 5.41) is 10.5. The van der Waals surface area contributed by atoms with Crippen molar-refractivity contribution in [3.05, 3.63) is 65.2 Å². The summed E-state index contributed by atoms with van der Waals surface area (Å²) in [5.74, 6) is -0.355. The molecule has 26 heavy (non-hydrogen) atoms.